The van der Waals surface area contributed by atoms with Crippen molar-refractivity contribution in [2.75, 3.05) is 0 Å². The molecule has 138 valence electrons. The van der Waals surface area contributed by atoms with Crippen LogP contribution >= 0.6 is 11.6 Å². The Balaban J connectivity index is 1.97. The smallest absolute Gasteiger partial charge is 0.331 e. The normalized spacial score (nSPS) is 12.3. The first-order valence-corrected chi connectivity index (χ1v) is 8.28. The van der Waals surface area contributed by atoms with E-state index in [-0.39, 0.29) is 11.2 Å². The molecule has 0 unspecified atom stereocenters. The van der Waals surface area contributed by atoms with E-state index in [2.05, 4.69) is 15.6 Å². The highest BCUT2D eigenvalue weighted by Gasteiger charge is 2.19. The number of imidazole rings is 1. The van der Waals surface area contributed by atoms with Crippen molar-refractivity contribution in [2.45, 2.75) is 32.9 Å². The van der Waals surface area contributed by atoms with Gasteiger partial charge in [-0.2, -0.15) is 0 Å². The zero-order chi connectivity index (χ0) is 19.3. The van der Waals surface area contributed by atoms with Gasteiger partial charge in [0.25, 0.3) is 5.91 Å². The predicted molar refractivity (Wildman–Crippen MR) is 96.6 cm³/mol. The van der Waals surface area contributed by atoms with Crippen molar-refractivity contribution in [2.24, 2.45) is 0 Å². The number of fused-ring (bicyclic) bond motifs is 1. The van der Waals surface area contributed by atoms with Gasteiger partial charge in [0.15, 0.2) is 11.3 Å². The Morgan fingerprint density at radius 3 is 2.69 bits per heavy atom. The minimum atomic E-state index is -1.14. The number of aromatic nitrogens is 2. The van der Waals surface area contributed by atoms with Crippen molar-refractivity contribution in [1.82, 2.24) is 20.0 Å². The summed E-state index contributed by atoms with van der Waals surface area (Å²) in [4.78, 5) is 39.4. The monoisotopic (exact) mass is 378 g/mol. The van der Waals surface area contributed by atoms with Crippen LogP contribution in [0.4, 0.5) is 4.79 Å². The number of amides is 3. The van der Waals surface area contributed by atoms with Gasteiger partial charge in [0.1, 0.15) is 5.65 Å². The van der Waals surface area contributed by atoms with Crippen LogP contribution in [0.2, 0.25) is 5.15 Å². The zero-order valence-electron chi connectivity index (χ0n) is 14.5. The zero-order valence-corrected chi connectivity index (χ0v) is 15.3. The molecule has 9 heteroatoms. The van der Waals surface area contributed by atoms with E-state index in [1.165, 1.54) is 13.0 Å². The molecule has 0 saturated heterocycles. The Morgan fingerprint density at radius 2 is 2.00 bits per heavy atom. The molecule has 0 aliphatic rings. The number of urea groups is 1. The summed E-state index contributed by atoms with van der Waals surface area (Å²) in [5, 5.41) is 4.83. The lowest BCUT2D eigenvalue weighted by Gasteiger charge is -2.13. The minimum absolute atomic E-state index is 0.126. The van der Waals surface area contributed by atoms with Crippen LogP contribution in [0, 0.1) is 0 Å². The fourth-order valence-corrected chi connectivity index (χ4v) is 2.30. The van der Waals surface area contributed by atoms with Gasteiger partial charge in [0.05, 0.1) is 5.69 Å². The Labute approximate surface area is 155 Å². The van der Waals surface area contributed by atoms with Gasteiger partial charge in [0, 0.05) is 18.3 Å². The maximum Gasteiger partial charge on any atom is 0.331 e. The van der Waals surface area contributed by atoms with Gasteiger partial charge in [-0.3, -0.25) is 14.5 Å². The largest absolute Gasteiger partial charge is 0.449 e. The molecule has 2 N–H and O–H groups in total. The summed E-state index contributed by atoms with van der Waals surface area (Å²) in [7, 11) is 0. The summed E-state index contributed by atoms with van der Waals surface area (Å²) >= 11 is 6.06. The van der Waals surface area contributed by atoms with E-state index in [0.29, 0.717) is 11.3 Å². The number of pyridine rings is 1. The van der Waals surface area contributed by atoms with Gasteiger partial charge in [-0.05, 0) is 39.0 Å². The van der Waals surface area contributed by atoms with E-state index >= 15 is 0 Å². The molecule has 0 radical (unpaired) electrons. The quantitative estimate of drug-likeness (QED) is 0.613. The van der Waals surface area contributed by atoms with Gasteiger partial charge in [-0.15, -0.1) is 0 Å². The lowest BCUT2D eigenvalue weighted by atomic mass is 10.3. The molecule has 0 aliphatic carbocycles. The van der Waals surface area contributed by atoms with Gasteiger partial charge < -0.3 is 10.1 Å². The third-order valence-electron chi connectivity index (χ3n) is 3.22. The Hall–Kier alpha value is -2.87. The number of nitrogens with one attached hydrogen (secondary N) is 2. The van der Waals surface area contributed by atoms with E-state index in [4.69, 9.17) is 16.3 Å². The van der Waals surface area contributed by atoms with Crippen LogP contribution in [0.5, 0.6) is 0 Å². The maximum absolute atomic E-state index is 11.9. The standard InChI is InChI=1S/C17H19ClN4O4/c1-10(2)19-17(25)21-16(24)11(3)26-14(23)8-7-12-15(18)20-13-6-4-5-9-22(12)13/h4-11H,1-3H3,(H2,19,21,24,25)/b8-7+/t11-/m0/s1. The van der Waals surface area contributed by atoms with E-state index in [1.54, 1.807) is 36.6 Å². The molecule has 3 amide bonds. The summed E-state index contributed by atoms with van der Waals surface area (Å²) in [5.41, 5.74) is 1.14. The van der Waals surface area contributed by atoms with Crippen molar-refractivity contribution in [1.29, 1.82) is 0 Å². The summed E-state index contributed by atoms with van der Waals surface area (Å²) in [6, 6.07) is 4.61. The molecule has 2 aromatic rings. The van der Waals surface area contributed by atoms with Crippen LogP contribution in [-0.4, -0.2) is 39.4 Å². The molecular weight excluding hydrogens is 360 g/mol. The molecule has 2 heterocycles. The molecule has 1 atom stereocenters. The molecule has 26 heavy (non-hydrogen) atoms. The third kappa shape index (κ3) is 5.06. The van der Waals surface area contributed by atoms with Crippen molar-refractivity contribution < 1.29 is 19.1 Å². The highest BCUT2D eigenvalue weighted by atomic mass is 35.5. The fourth-order valence-electron chi connectivity index (χ4n) is 2.06. The molecular formula is C17H19ClN4O4. The van der Waals surface area contributed by atoms with Crippen LogP contribution in [0.25, 0.3) is 11.7 Å². The molecule has 0 saturated carbocycles. The number of carbonyl (C=O) groups is 3. The molecule has 0 spiro atoms. The molecule has 2 rings (SSSR count). The van der Waals surface area contributed by atoms with Gasteiger partial charge in [0.2, 0.25) is 0 Å². The topological polar surface area (TPSA) is 102 Å². The van der Waals surface area contributed by atoms with Crippen molar-refractivity contribution in [3.8, 4) is 0 Å². The van der Waals surface area contributed by atoms with Gasteiger partial charge >= 0.3 is 12.0 Å². The molecule has 0 fully saturated rings. The first kappa shape index (κ1) is 19.5. The lowest BCUT2D eigenvalue weighted by Crippen LogP contribution is -2.46. The van der Waals surface area contributed by atoms with E-state index < -0.39 is 24.0 Å². The molecule has 2 aromatic heterocycles. The number of esters is 1. The van der Waals surface area contributed by atoms with Crippen LogP contribution in [0.15, 0.2) is 30.5 Å². The molecule has 0 aromatic carbocycles. The number of nitrogens with zero attached hydrogens (tertiary/aromatic N) is 2. The fraction of sp³-hybridized carbons (Fsp3) is 0.294. The number of ether oxygens (including phenoxy) is 1. The van der Waals surface area contributed by atoms with Crippen molar-refractivity contribution in [3.63, 3.8) is 0 Å². The SMILES string of the molecule is CC(C)NC(=O)NC(=O)[C@H](C)OC(=O)/C=C/c1c(Cl)nc2ccccn12. The Kier molecular flexibility index (Phi) is 6.35. The lowest BCUT2D eigenvalue weighted by molar-refractivity contribution is -0.149. The van der Waals surface area contributed by atoms with Crippen LogP contribution < -0.4 is 10.6 Å². The summed E-state index contributed by atoms with van der Waals surface area (Å²) in [6.45, 7) is 4.87. The van der Waals surface area contributed by atoms with E-state index in [1.807, 2.05) is 6.07 Å². The Bertz CT molecular complexity index is 860. The average Bonchev–Trinajstić information content (AvgIpc) is 2.87. The minimum Gasteiger partial charge on any atom is -0.449 e. The first-order valence-electron chi connectivity index (χ1n) is 7.90. The summed E-state index contributed by atoms with van der Waals surface area (Å²) in [5.74, 6) is -1.48. The third-order valence-corrected chi connectivity index (χ3v) is 3.50. The predicted octanol–water partition coefficient (Wildman–Crippen LogP) is 2.17. The molecule has 0 aliphatic heterocycles. The number of hydrogen-bond acceptors (Lipinski definition) is 5. The summed E-state index contributed by atoms with van der Waals surface area (Å²) < 4.78 is 6.68. The number of imide groups is 1. The highest BCUT2D eigenvalue weighted by Crippen LogP contribution is 2.18. The Morgan fingerprint density at radius 1 is 1.27 bits per heavy atom. The van der Waals surface area contributed by atoms with Crippen LogP contribution in [-0.2, 0) is 14.3 Å². The van der Waals surface area contributed by atoms with E-state index in [0.717, 1.165) is 6.08 Å². The first-order chi connectivity index (χ1) is 12.3. The van der Waals surface area contributed by atoms with Crippen LogP contribution in [0.1, 0.15) is 26.5 Å². The summed E-state index contributed by atoms with van der Waals surface area (Å²) in [6.07, 6.45) is 3.20. The van der Waals surface area contributed by atoms with Gasteiger partial charge in [-0.1, -0.05) is 17.7 Å². The van der Waals surface area contributed by atoms with Crippen molar-refractivity contribution >= 4 is 41.2 Å². The molecule has 0 bridgehead atoms. The second kappa shape index (κ2) is 8.48. The number of halogens is 1. The van der Waals surface area contributed by atoms with Gasteiger partial charge in [-0.25, -0.2) is 14.6 Å². The maximum atomic E-state index is 11.9. The second-order valence-corrected chi connectivity index (χ2v) is 6.10. The number of carbonyl (C=O) groups excluding carboxylic acids is 3. The number of hydrogen-bond donors (Lipinski definition) is 2. The number of rotatable bonds is 5. The van der Waals surface area contributed by atoms with E-state index in [9.17, 15) is 14.4 Å². The molecule has 8 nitrogen and oxygen atoms in total. The second-order valence-electron chi connectivity index (χ2n) is 5.75. The van der Waals surface area contributed by atoms with Crippen molar-refractivity contribution in [3.05, 3.63) is 41.3 Å². The van der Waals surface area contributed by atoms with Crippen LogP contribution in [0.3, 0.4) is 0 Å². The average molecular weight is 379 g/mol. The highest BCUT2D eigenvalue weighted by molar-refractivity contribution is 6.31.